The molecule has 0 fully saturated rings. The Balaban J connectivity index is 1.31. The van der Waals surface area contributed by atoms with Crippen molar-refractivity contribution in [2.45, 2.75) is 11.3 Å². The molecule has 0 unspecified atom stereocenters. The van der Waals surface area contributed by atoms with E-state index in [9.17, 15) is 14.4 Å². The smallest absolute Gasteiger partial charge is 0.291 e. The van der Waals surface area contributed by atoms with Gasteiger partial charge in [-0.2, -0.15) is 0 Å². The first kappa shape index (κ1) is 19.8. The van der Waals surface area contributed by atoms with Crippen LogP contribution < -0.4 is 15.5 Å². The van der Waals surface area contributed by atoms with Gasteiger partial charge in [0.05, 0.1) is 17.7 Å². The van der Waals surface area contributed by atoms with Crippen LogP contribution >= 0.6 is 11.8 Å². The molecule has 1 aliphatic heterocycles. The van der Waals surface area contributed by atoms with Gasteiger partial charge < -0.3 is 20.0 Å². The second kappa shape index (κ2) is 8.87. The molecule has 2 N–H and O–H groups in total. The van der Waals surface area contributed by atoms with Gasteiger partial charge in [0.1, 0.15) is 0 Å². The maximum absolute atomic E-state index is 12.4. The molecule has 0 atom stereocenters. The molecule has 0 saturated carbocycles. The summed E-state index contributed by atoms with van der Waals surface area (Å²) in [6.07, 6.45) is 1.62. The van der Waals surface area contributed by atoms with Crippen molar-refractivity contribution in [3.05, 3.63) is 72.7 Å². The number of carbonyl (C=O) groups excluding carboxylic acids is 3. The van der Waals surface area contributed by atoms with E-state index in [0.717, 1.165) is 10.6 Å². The van der Waals surface area contributed by atoms with Gasteiger partial charge in [0, 0.05) is 29.2 Å². The molecular weight excluding hydrogens is 402 g/mol. The van der Waals surface area contributed by atoms with E-state index in [1.807, 2.05) is 24.3 Å². The number of benzene rings is 2. The summed E-state index contributed by atoms with van der Waals surface area (Å²) >= 11 is 1.51. The van der Waals surface area contributed by atoms with Crippen LogP contribution in [-0.4, -0.2) is 30.0 Å². The van der Waals surface area contributed by atoms with Crippen molar-refractivity contribution in [3.63, 3.8) is 0 Å². The maximum atomic E-state index is 12.4. The van der Waals surface area contributed by atoms with Gasteiger partial charge in [-0.1, -0.05) is 12.1 Å². The van der Waals surface area contributed by atoms with Gasteiger partial charge >= 0.3 is 0 Å². The van der Waals surface area contributed by atoms with Crippen molar-refractivity contribution in [2.75, 3.05) is 27.8 Å². The number of para-hydroxylation sites is 1. The average Bonchev–Trinajstić information content (AvgIpc) is 3.29. The van der Waals surface area contributed by atoms with E-state index in [0.29, 0.717) is 23.7 Å². The summed E-state index contributed by atoms with van der Waals surface area (Å²) in [6.45, 7) is 0.319. The monoisotopic (exact) mass is 421 g/mol. The predicted molar refractivity (Wildman–Crippen MR) is 116 cm³/mol. The van der Waals surface area contributed by atoms with Crippen molar-refractivity contribution in [1.82, 2.24) is 0 Å². The van der Waals surface area contributed by atoms with Crippen LogP contribution in [0.15, 0.2) is 76.2 Å². The van der Waals surface area contributed by atoms with Gasteiger partial charge in [0.2, 0.25) is 11.8 Å². The van der Waals surface area contributed by atoms with Crippen molar-refractivity contribution >= 4 is 46.5 Å². The average molecular weight is 421 g/mol. The Bertz CT molecular complexity index is 1060. The minimum atomic E-state index is -0.346. The summed E-state index contributed by atoms with van der Waals surface area (Å²) in [5.74, 6) is 0.0687. The molecule has 2 heterocycles. The molecule has 1 aliphatic rings. The number of amides is 3. The highest BCUT2D eigenvalue weighted by molar-refractivity contribution is 8.00. The fourth-order valence-electron chi connectivity index (χ4n) is 3.07. The number of thioether (sulfide) groups is 1. The van der Waals surface area contributed by atoms with Gasteiger partial charge in [-0.05, 0) is 48.5 Å². The first-order chi connectivity index (χ1) is 14.6. The van der Waals surface area contributed by atoms with Crippen LogP contribution in [0, 0.1) is 0 Å². The van der Waals surface area contributed by atoms with Crippen LogP contribution in [0.25, 0.3) is 0 Å². The molecule has 0 bridgehead atoms. The molecule has 1 aromatic heterocycles. The number of rotatable bonds is 6. The van der Waals surface area contributed by atoms with Crippen molar-refractivity contribution in [2.24, 2.45) is 0 Å². The zero-order valence-corrected chi connectivity index (χ0v) is 16.8. The lowest BCUT2D eigenvalue weighted by Gasteiger charge is -2.28. The number of hydrogen-bond donors (Lipinski definition) is 2. The quantitative estimate of drug-likeness (QED) is 0.628. The summed E-state index contributed by atoms with van der Waals surface area (Å²) < 4.78 is 5.05. The highest BCUT2D eigenvalue weighted by Gasteiger charge is 2.24. The van der Waals surface area contributed by atoms with Crippen molar-refractivity contribution in [3.8, 4) is 0 Å². The maximum Gasteiger partial charge on any atom is 0.291 e. The van der Waals surface area contributed by atoms with Gasteiger partial charge in [-0.15, -0.1) is 11.8 Å². The number of anilines is 3. The normalized spacial score (nSPS) is 12.9. The second-order valence-electron chi connectivity index (χ2n) is 6.61. The van der Waals surface area contributed by atoms with Crippen LogP contribution in [0.4, 0.5) is 17.1 Å². The van der Waals surface area contributed by atoms with E-state index in [-0.39, 0.29) is 29.9 Å². The summed E-state index contributed by atoms with van der Waals surface area (Å²) in [4.78, 5) is 39.3. The number of nitrogens with one attached hydrogen (secondary N) is 2. The molecule has 30 heavy (non-hydrogen) atoms. The lowest BCUT2D eigenvalue weighted by Crippen LogP contribution is -2.37. The van der Waals surface area contributed by atoms with Crippen molar-refractivity contribution in [1.29, 1.82) is 0 Å². The summed E-state index contributed by atoms with van der Waals surface area (Å²) in [5, 5.41) is 5.53. The molecule has 3 aromatic rings. The molecule has 0 spiro atoms. The zero-order chi connectivity index (χ0) is 20.9. The summed E-state index contributed by atoms with van der Waals surface area (Å²) in [5.41, 5.74) is 2.04. The third-order valence-corrected chi connectivity index (χ3v) is 5.59. The molecule has 3 amide bonds. The van der Waals surface area contributed by atoms with Gasteiger partial charge in [0.15, 0.2) is 5.76 Å². The Morgan fingerprint density at radius 1 is 0.967 bits per heavy atom. The third kappa shape index (κ3) is 4.55. The molecule has 0 radical (unpaired) electrons. The first-order valence-electron chi connectivity index (χ1n) is 9.37. The molecule has 152 valence electrons. The standard InChI is InChI=1S/C22H19N3O4S/c26-20(11-12-25-17-4-1-2-6-19(17)30-14-21(25)27)23-15-7-9-16(10-8-15)24-22(28)18-5-3-13-29-18/h1-10,13H,11-12,14H2,(H,23,26)(H,24,28). The fraction of sp³-hybridized carbons (Fsp3) is 0.136. The van der Waals surface area contributed by atoms with Crippen LogP contribution in [0.5, 0.6) is 0 Å². The van der Waals surface area contributed by atoms with Crippen LogP contribution in [0.3, 0.4) is 0 Å². The Labute approximate surface area is 177 Å². The van der Waals surface area contributed by atoms with E-state index < -0.39 is 0 Å². The zero-order valence-electron chi connectivity index (χ0n) is 16.0. The number of hydrogen-bond acceptors (Lipinski definition) is 5. The molecule has 4 rings (SSSR count). The number of fused-ring (bicyclic) bond motifs is 1. The Kier molecular flexibility index (Phi) is 5.85. The van der Waals surface area contributed by atoms with E-state index in [1.165, 1.54) is 18.0 Å². The first-order valence-corrected chi connectivity index (χ1v) is 10.4. The van der Waals surface area contributed by atoms with Gasteiger partial charge in [-0.25, -0.2) is 0 Å². The van der Waals surface area contributed by atoms with Crippen molar-refractivity contribution < 1.29 is 18.8 Å². The van der Waals surface area contributed by atoms with Crippen LogP contribution in [-0.2, 0) is 9.59 Å². The largest absolute Gasteiger partial charge is 0.459 e. The molecule has 8 heteroatoms. The molecule has 0 saturated heterocycles. The lowest BCUT2D eigenvalue weighted by molar-refractivity contribution is -0.117. The topological polar surface area (TPSA) is 91.7 Å². The predicted octanol–water partition coefficient (Wildman–Crippen LogP) is 4.00. The SMILES string of the molecule is O=C(CCN1C(=O)CSc2ccccc21)Nc1ccc(NC(=O)c2ccco2)cc1. The molecule has 7 nitrogen and oxygen atoms in total. The molecule has 0 aliphatic carbocycles. The minimum Gasteiger partial charge on any atom is -0.459 e. The van der Waals surface area contributed by atoms with E-state index in [1.54, 1.807) is 41.3 Å². The summed E-state index contributed by atoms with van der Waals surface area (Å²) in [7, 11) is 0. The van der Waals surface area contributed by atoms with Gasteiger partial charge in [0.25, 0.3) is 5.91 Å². The molecule has 2 aromatic carbocycles. The summed E-state index contributed by atoms with van der Waals surface area (Å²) in [6, 6.07) is 17.7. The highest BCUT2D eigenvalue weighted by Crippen LogP contribution is 2.34. The van der Waals surface area contributed by atoms with Gasteiger partial charge in [-0.3, -0.25) is 14.4 Å². The Morgan fingerprint density at radius 3 is 2.43 bits per heavy atom. The third-order valence-electron chi connectivity index (χ3n) is 4.54. The Morgan fingerprint density at radius 2 is 1.70 bits per heavy atom. The lowest BCUT2D eigenvalue weighted by atomic mass is 10.2. The number of nitrogens with zero attached hydrogens (tertiary/aromatic N) is 1. The highest BCUT2D eigenvalue weighted by atomic mass is 32.2. The molecular formula is C22H19N3O4S. The van der Waals surface area contributed by atoms with Crippen LogP contribution in [0.2, 0.25) is 0 Å². The number of carbonyl (C=O) groups is 3. The fourth-order valence-corrected chi connectivity index (χ4v) is 4.01. The Hall–Kier alpha value is -3.52. The van der Waals surface area contributed by atoms with E-state index in [2.05, 4.69) is 10.6 Å². The minimum absolute atomic E-state index is 0.00292. The van der Waals surface area contributed by atoms with E-state index >= 15 is 0 Å². The van der Waals surface area contributed by atoms with Crippen LogP contribution in [0.1, 0.15) is 17.0 Å². The van der Waals surface area contributed by atoms with E-state index in [4.69, 9.17) is 4.42 Å². The second-order valence-corrected chi connectivity index (χ2v) is 7.63. The number of furan rings is 1.